The van der Waals surface area contributed by atoms with Crippen LogP contribution in [0.2, 0.25) is 0 Å². The maximum Gasteiger partial charge on any atom is 0.312 e. The molecule has 2 saturated heterocycles. The Bertz CT molecular complexity index is 703. The van der Waals surface area contributed by atoms with Crippen molar-refractivity contribution in [3.8, 4) is 0 Å². The first-order valence-electron chi connectivity index (χ1n) is 9.34. The van der Waals surface area contributed by atoms with E-state index in [0.29, 0.717) is 32.8 Å². The van der Waals surface area contributed by atoms with E-state index in [4.69, 9.17) is 4.74 Å². The van der Waals surface area contributed by atoms with E-state index >= 15 is 0 Å². The molecule has 3 rings (SSSR count). The molecule has 0 atom stereocenters. The van der Waals surface area contributed by atoms with E-state index < -0.39 is 11.8 Å². The number of nitrogens with one attached hydrogen (secondary N) is 1. The van der Waals surface area contributed by atoms with Crippen LogP contribution in [0.1, 0.15) is 12.5 Å². The van der Waals surface area contributed by atoms with Crippen LogP contribution in [-0.4, -0.2) is 84.9 Å². The van der Waals surface area contributed by atoms with Gasteiger partial charge in [0, 0.05) is 45.0 Å². The lowest BCUT2D eigenvalue weighted by Crippen LogP contribution is -2.55. The van der Waals surface area contributed by atoms with Crippen molar-refractivity contribution >= 4 is 23.4 Å². The van der Waals surface area contributed by atoms with E-state index in [0.717, 1.165) is 30.9 Å². The minimum absolute atomic E-state index is 0.117. The number of likely N-dealkylation sites (N-methyl/N-ethyl adjacent to an activating group) is 1. The average Bonchev–Trinajstić information content (AvgIpc) is 2.68. The van der Waals surface area contributed by atoms with Crippen molar-refractivity contribution in [1.29, 1.82) is 0 Å². The zero-order valence-corrected chi connectivity index (χ0v) is 15.6. The summed E-state index contributed by atoms with van der Waals surface area (Å²) in [7, 11) is 0. The number of hydrogen-bond donors (Lipinski definition) is 1. The topological polar surface area (TPSA) is 82.2 Å². The van der Waals surface area contributed by atoms with Gasteiger partial charge in [0.25, 0.3) is 0 Å². The molecule has 1 aromatic rings. The lowest BCUT2D eigenvalue weighted by atomic mass is 10.1. The van der Waals surface area contributed by atoms with Crippen LogP contribution in [0.5, 0.6) is 0 Å². The molecule has 8 nitrogen and oxygen atoms in total. The van der Waals surface area contributed by atoms with E-state index in [-0.39, 0.29) is 12.5 Å². The summed E-state index contributed by atoms with van der Waals surface area (Å²) in [5.41, 5.74) is 1.76. The molecule has 27 heavy (non-hydrogen) atoms. The molecule has 0 saturated carbocycles. The first-order chi connectivity index (χ1) is 13.1. The summed E-state index contributed by atoms with van der Waals surface area (Å²) in [4.78, 5) is 41.7. The third kappa shape index (κ3) is 4.84. The van der Waals surface area contributed by atoms with Crippen LogP contribution >= 0.6 is 0 Å². The molecule has 2 aliphatic heterocycles. The van der Waals surface area contributed by atoms with E-state index in [2.05, 4.69) is 10.2 Å². The van der Waals surface area contributed by atoms with Gasteiger partial charge in [-0.3, -0.25) is 19.3 Å². The molecule has 3 amide bonds. The first-order valence-corrected chi connectivity index (χ1v) is 9.34. The van der Waals surface area contributed by atoms with Crippen molar-refractivity contribution < 1.29 is 19.1 Å². The fraction of sp³-hybridized carbons (Fsp3) is 0.526. The Hall–Kier alpha value is -2.45. The van der Waals surface area contributed by atoms with Gasteiger partial charge in [0.05, 0.1) is 13.2 Å². The molecule has 2 heterocycles. The summed E-state index contributed by atoms with van der Waals surface area (Å²) in [6.07, 6.45) is 0. The highest BCUT2D eigenvalue weighted by Crippen LogP contribution is 2.18. The molecule has 2 aliphatic rings. The van der Waals surface area contributed by atoms with Gasteiger partial charge in [-0.1, -0.05) is 18.2 Å². The zero-order valence-electron chi connectivity index (χ0n) is 15.6. The predicted octanol–water partition coefficient (Wildman–Crippen LogP) is 0.148. The summed E-state index contributed by atoms with van der Waals surface area (Å²) >= 11 is 0. The van der Waals surface area contributed by atoms with Gasteiger partial charge in [0.2, 0.25) is 5.91 Å². The van der Waals surface area contributed by atoms with Crippen LogP contribution in [0.15, 0.2) is 24.3 Å². The summed E-state index contributed by atoms with van der Waals surface area (Å²) in [5, 5.41) is 2.89. The number of benzene rings is 1. The highest BCUT2D eigenvalue weighted by atomic mass is 16.5. The van der Waals surface area contributed by atoms with Crippen molar-refractivity contribution in [3.63, 3.8) is 0 Å². The SMILES string of the molecule is CCN1CCN(CC(=O)Nc2ccccc2CN2CCOCC2)C(=O)C1=O. The van der Waals surface area contributed by atoms with Crippen molar-refractivity contribution in [3.05, 3.63) is 29.8 Å². The molecule has 0 aromatic heterocycles. The lowest BCUT2D eigenvalue weighted by Gasteiger charge is -2.32. The molecule has 1 aromatic carbocycles. The molecule has 1 N–H and O–H groups in total. The summed E-state index contributed by atoms with van der Waals surface area (Å²) in [6, 6.07) is 7.65. The molecular formula is C19H26N4O4. The Kier molecular flexibility index (Phi) is 6.41. The van der Waals surface area contributed by atoms with Gasteiger partial charge < -0.3 is 19.9 Å². The second kappa shape index (κ2) is 8.96. The van der Waals surface area contributed by atoms with Crippen LogP contribution in [0.3, 0.4) is 0 Å². The van der Waals surface area contributed by atoms with Crippen LogP contribution in [0.25, 0.3) is 0 Å². The number of rotatable bonds is 6. The smallest absolute Gasteiger partial charge is 0.312 e. The Labute approximate surface area is 159 Å². The zero-order chi connectivity index (χ0) is 19.2. The Morgan fingerprint density at radius 3 is 2.44 bits per heavy atom. The minimum Gasteiger partial charge on any atom is -0.379 e. The normalized spacial score (nSPS) is 18.7. The number of hydrogen-bond acceptors (Lipinski definition) is 5. The quantitative estimate of drug-likeness (QED) is 0.717. The number of para-hydroxylation sites is 1. The standard InChI is InChI=1S/C19H26N4O4/c1-2-22-7-8-23(19(26)18(22)25)14-17(24)20-16-6-4-3-5-15(16)13-21-9-11-27-12-10-21/h3-6H,2,7-14H2,1H3,(H,20,24). The largest absolute Gasteiger partial charge is 0.379 e. The molecule has 0 radical (unpaired) electrons. The second-order valence-electron chi connectivity index (χ2n) is 6.71. The van der Waals surface area contributed by atoms with Gasteiger partial charge in [0.1, 0.15) is 6.54 Å². The number of carbonyl (C=O) groups excluding carboxylic acids is 3. The van der Waals surface area contributed by atoms with Crippen molar-refractivity contribution in [2.75, 3.05) is 57.8 Å². The summed E-state index contributed by atoms with van der Waals surface area (Å²) in [6.45, 7) is 6.94. The molecule has 146 valence electrons. The number of morpholine rings is 1. The Morgan fingerprint density at radius 2 is 1.70 bits per heavy atom. The van der Waals surface area contributed by atoms with Gasteiger partial charge in [-0.15, -0.1) is 0 Å². The third-order valence-electron chi connectivity index (χ3n) is 4.90. The fourth-order valence-electron chi connectivity index (χ4n) is 3.31. The van der Waals surface area contributed by atoms with Crippen LogP contribution in [0.4, 0.5) is 5.69 Å². The molecule has 0 bridgehead atoms. The van der Waals surface area contributed by atoms with Crippen LogP contribution < -0.4 is 5.32 Å². The number of amides is 3. The van der Waals surface area contributed by atoms with Crippen molar-refractivity contribution in [2.45, 2.75) is 13.5 Å². The lowest BCUT2D eigenvalue weighted by molar-refractivity contribution is -0.156. The molecular weight excluding hydrogens is 348 g/mol. The predicted molar refractivity (Wildman–Crippen MR) is 100 cm³/mol. The van der Waals surface area contributed by atoms with E-state index in [1.165, 1.54) is 9.80 Å². The first kappa shape index (κ1) is 19.3. The number of anilines is 1. The summed E-state index contributed by atoms with van der Waals surface area (Å²) < 4.78 is 5.37. The highest BCUT2D eigenvalue weighted by molar-refractivity contribution is 6.35. The molecule has 2 fully saturated rings. The second-order valence-corrected chi connectivity index (χ2v) is 6.71. The van der Waals surface area contributed by atoms with E-state index in [1.54, 1.807) is 0 Å². The number of carbonyl (C=O) groups is 3. The maximum absolute atomic E-state index is 12.5. The van der Waals surface area contributed by atoms with E-state index in [9.17, 15) is 14.4 Å². The Morgan fingerprint density at radius 1 is 1.04 bits per heavy atom. The maximum atomic E-state index is 12.5. The molecule has 0 spiro atoms. The van der Waals surface area contributed by atoms with Crippen molar-refractivity contribution in [2.24, 2.45) is 0 Å². The Balaban J connectivity index is 1.59. The number of ether oxygens (including phenoxy) is 1. The third-order valence-corrected chi connectivity index (χ3v) is 4.90. The van der Waals surface area contributed by atoms with Crippen molar-refractivity contribution in [1.82, 2.24) is 14.7 Å². The van der Waals surface area contributed by atoms with Crippen LogP contribution in [0, 0.1) is 0 Å². The highest BCUT2D eigenvalue weighted by Gasteiger charge is 2.32. The molecule has 8 heteroatoms. The molecule has 0 unspecified atom stereocenters. The minimum atomic E-state index is -0.611. The fourth-order valence-corrected chi connectivity index (χ4v) is 3.31. The number of nitrogens with zero attached hydrogens (tertiary/aromatic N) is 3. The summed E-state index contributed by atoms with van der Waals surface area (Å²) in [5.74, 6) is -1.44. The van der Waals surface area contributed by atoms with Gasteiger partial charge in [-0.2, -0.15) is 0 Å². The van der Waals surface area contributed by atoms with Gasteiger partial charge in [-0.25, -0.2) is 0 Å². The monoisotopic (exact) mass is 374 g/mol. The van der Waals surface area contributed by atoms with Gasteiger partial charge >= 0.3 is 11.8 Å². The number of piperazine rings is 1. The average molecular weight is 374 g/mol. The van der Waals surface area contributed by atoms with Gasteiger partial charge in [0.15, 0.2) is 0 Å². The van der Waals surface area contributed by atoms with Crippen LogP contribution in [-0.2, 0) is 25.7 Å². The van der Waals surface area contributed by atoms with Gasteiger partial charge in [-0.05, 0) is 18.6 Å². The van der Waals surface area contributed by atoms with E-state index in [1.807, 2.05) is 31.2 Å². The molecule has 0 aliphatic carbocycles.